The topological polar surface area (TPSA) is 64.7 Å². The molecule has 0 aliphatic heterocycles. The van der Waals surface area contributed by atoms with Crippen LogP contribution in [0.4, 0.5) is 0 Å². The van der Waals surface area contributed by atoms with E-state index in [1.807, 2.05) is 37.1 Å². The smallest absolute Gasteiger partial charge is 0.255 e. The summed E-state index contributed by atoms with van der Waals surface area (Å²) in [5.74, 6) is -0.0830. The van der Waals surface area contributed by atoms with Crippen molar-refractivity contribution in [2.45, 2.75) is 67.1 Å². The Kier molecular flexibility index (Phi) is 5.23. The van der Waals surface area contributed by atoms with E-state index in [4.69, 9.17) is 0 Å². The largest absolute Gasteiger partial charge is 0.345 e. The Hall–Kier alpha value is -2.11. The first-order chi connectivity index (χ1) is 10.9. The normalized spacial score (nSPS) is 12.4. The number of carbonyl (C=O) groups is 1. The molecule has 0 saturated heterocycles. The summed E-state index contributed by atoms with van der Waals surface area (Å²) in [6.45, 7) is 13.8. The number of nitrogens with one attached hydrogen (secondary N) is 1. The summed E-state index contributed by atoms with van der Waals surface area (Å²) in [5.41, 5.74) is 4.73. The number of aryl methyl sites for hydroxylation is 3. The van der Waals surface area contributed by atoms with Gasteiger partial charge < -0.3 is 5.32 Å². The highest BCUT2D eigenvalue weighted by Crippen LogP contribution is 2.22. The van der Waals surface area contributed by atoms with Crippen molar-refractivity contribution in [3.8, 4) is 0 Å². The van der Waals surface area contributed by atoms with Crippen molar-refractivity contribution in [3.63, 3.8) is 0 Å². The van der Waals surface area contributed by atoms with Crippen LogP contribution in [-0.2, 0) is 13.1 Å². The van der Waals surface area contributed by atoms with Crippen LogP contribution in [0.5, 0.6) is 0 Å². The van der Waals surface area contributed by atoms with Crippen LogP contribution in [0, 0.1) is 20.8 Å². The van der Waals surface area contributed by atoms with Gasteiger partial charge in [0.05, 0.1) is 23.5 Å². The molecule has 126 valence electrons. The molecule has 0 bridgehead atoms. The lowest BCUT2D eigenvalue weighted by atomic mass is 10.1. The first kappa shape index (κ1) is 17.2. The molecule has 23 heavy (non-hydrogen) atoms. The first-order valence-electron chi connectivity index (χ1n) is 8.27. The summed E-state index contributed by atoms with van der Waals surface area (Å²) in [5, 5.41) is 11.9. The minimum absolute atomic E-state index is 0.0830. The quantitative estimate of drug-likeness (QED) is 0.891. The van der Waals surface area contributed by atoms with Gasteiger partial charge in [0.25, 0.3) is 5.91 Å². The van der Waals surface area contributed by atoms with E-state index in [2.05, 4.69) is 29.4 Å². The van der Waals surface area contributed by atoms with Crippen LogP contribution in [0.2, 0.25) is 0 Å². The molecule has 2 heterocycles. The van der Waals surface area contributed by atoms with Crippen LogP contribution in [0.15, 0.2) is 6.20 Å². The van der Waals surface area contributed by atoms with E-state index < -0.39 is 0 Å². The van der Waals surface area contributed by atoms with Crippen molar-refractivity contribution in [3.05, 3.63) is 34.4 Å². The molecule has 0 unspecified atom stereocenters. The number of hydrogen-bond acceptors (Lipinski definition) is 3. The lowest BCUT2D eigenvalue weighted by molar-refractivity contribution is 0.0939. The van der Waals surface area contributed by atoms with E-state index in [0.29, 0.717) is 5.56 Å². The fourth-order valence-corrected chi connectivity index (χ4v) is 3.10. The maximum absolute atomic E-state index is 12.6. The molecule has 0 radical (unpaired) electrons. The van der Waals surface area contributed by atoms with Gasteiger partial charge in [0.15, 0.2) is 0 Å². The molecule has 1 amide bonds. The first-order valence-corrected chi connectivity index (χ1v) is 8.27. The molecule has 1 atom stereocenters. The predicted molar refractivity (Wildman–Crippen MR) is 90.5 cm³/mol. The number of carbonyl (C=O) groups excluding carboxylic acids is 1. The molecule has 6 nitrogen and oxygen atoms in total. The van der Waals surface area contributed by atoms with E-state index in [1.165, 1.54) is 0 Å². The predicted octanol–water partition coefficient (Wildman–Crippen LogP) is 2.93. The Morgan fingerprint density at radius 1 is 1.22 bits per heavy atom. The Balaban J connectivity index is 2.19. The molecule has 0 fully saturated rings. The van der Waals surface area contributed by atoms with E-state index in [9.17, 15) is 4.79 Å². The van der Waals surface area contributed by atoms with E-state index in [-0.39, 0.29) is 11.9 Å². The van der Waals surface area contributed by atoms with Gasteiger partial charge in [-0.05, 0) is 41.0 Å². The third-order valence-corrected chi connectivity index (χ3v) is 4.30. The van der Waals surface area contributed by atoms with Gasteiger partial charge in [-0.1, -0.05) is 6.92 Å². The van der Waals surface area contributed by atoms with Gasteiger partial charge in [-0.2, -0.15) is 10.2 Å². The third-order valence-electron chi connectivity index (χ3n) is 4.30. The molecule has 0 spiro atoms. The van der Waals surface area contributed by atoms with Crippen LogP contribution in [0.1, 0.15) is 66.2 Å². The molecule has 2 aromatic rings. The average Bonchev–Trinajstić information content (AvgIpc) is 3.00. The Morgan fingerprint density at radius 3 is 2.48 bits per heavy atom. The molecule has 6 heteroatoms. The fourth-order valence-electron chi connectivity index (χ4n) is 3.10. The fraction of sp³-hybridized carbons (Fsp3) is 0.588. The monoisotopic (exact) mass is 317 g/mol. The summed E-state index contributed by atoms with van der Waals surface area (Å²) in [4.78, 5) is 12.6. The number of aromatic nitrogens is 4. The Labute approximate surface area is 137 Å². The zero-order valence-corrected chi connectivity index (χ0v) is 15.0. The molecule has 1 N–H and O–H groups in total. The minimum atomic E-state index is -0.0864. The zero-order chi connectivity index (χ0) is 17.1. The molecule has 0 aliphatic rings. The van der Waals surface area contributed by atoms with Crippen LogP contribution >= 0.6 is 0 Å². The van der Waals surface area contributed by atoms with Gasteiger partial charge in [0.2, 0.25) is 0 Å². The third kappa shape index (κ3) is 3.30. The second-order valence-corrected chi connectivity index (χ2v) is 5.96. The summed E-state index contributed by atoms with van der Waals surface area (Å²) >= 11 is 0. The van der Waals surface area contributed by atoms with Crippen LogP contribution in [-0.4, -0.2) is 25.5 Å². The molecular formula is C17H27N5O. The molecule has 0 saturated carbocycles. The molecule has 0 aromatic carbocycles. The number of hydrogen-bond donors (Lipinski definition) is 1. The number of amides is 1. The zero-order valence-electron chi connectivity index (χ0n) is 15.0. The van der Waals surface area contributed by atoms with Gasteiger partial charge in [-0.3, -0.25) is 14.2 Å². The van der Waals surface area contributed by atoms with E-state index >= 15 is 0 Å². The van der Waals surface area contributed by atoms with E-state index in [1.54, 1.807) is 6.20 Å². The van der Waals surface area contributed by atoms with Crippen LogP contribution < -0.4 is 5.32 Å². The molecule has 0 aliphatic carbocycles. The van der Waals surface area contributed by atoms with Gasteiger partial charge in [-0.25, -0.2) is 0 Å². The van der Waals surface area contributed by atoms with Gasteiger partial charge in [-0.15, -0.1) is 0 Å². The van der Waals surface area contributed by atoms with E-state index in [0.717, 1.165) is 42.2 Å². The summed E-state index contributed by atoms with van der Waals surface area (Å²) < 4.78 is 3.85. The number of nitrogens with zero attached hydrogens (tertiary/aromatic N) is 4. The molecule has 2 aromatic heterocycles. The van der Waals surface area contributed by atoms with Crippen molar-refractivity contribution in [1.82, 2.24) is 24.9 Å². The highest BCUT2D eigenvalue weighted by molar-refractivity contribution is 5.95. The van der Waals surface area contributed by atoms with Crippen molar-refractivity contribution >= 4 is 5.91 Å². The second kappa shape index (κ2) is 6.98. The lowest BCUT2D eigenvalue weighted by Crippen LogP contribution is -2.27. The molecule has 2 rings (SSSR count). The summed E-state index contributed by atoms with van der Waals surface area (Å²) in [6, 6.07) is -0.0864. The summed E-state index contributed by atoms with van der Waals surface area (Å²) in [6.07, 6.45) is 2.65. The maximum Gasteiger partial charge on any atom is 0.255 e. The average molecular weight is 317 g/mol. The SMILES string of the molecule is CCCn1ncc(C(=O)N[C@@H](C)c2c(C)nn(CC)c2C)c1C. The maximum atomic E-state index is 12.6. The van der Waals surface area contributed by atoms with Crippen LogP contribution in [0.25, 0.3) is 0 Å². The number of rotatable bonds is 6. The summed E-state index contributed by atoms with van der Waals surface area (Å²) in [7, 11) is 0. The van der Waals surface area contributed by atoms with Crippen molar-refractivity contribution in [1.29, 1.82) is 0 Å². The van der Waals surface area contributed by atoms with Gasteiger partial charge >= 0.3 is 0 Å². The highest BCUT2D eigenvalue weighted by atomic mass is 16.1. The van der Waals surface area contributed by atoms with Gasteiger partial charge in [0.1, 0.15) is 0 Å². The van der Waals surface area contributed by atoms with Crippen molar-refractivity contribution in [2.75, 3.05) is 0 Å². The second-order valence-electron chi connectivity index (χ2n) is 5.96. The standard InChI is InChI=1S/C17H27N5O/c1-7-9-22-13(5)15(10-18-22)17(23)19-11(3)16-12(4)20-21(8-2)14(16)6/h10-11H,7-9H2,1-6H3,(H,19,23)/t11-/m0/s1. The van der Waals surface area contributed by atoms with Crippen molar-refractivity contribution in [2.24, 2.45) is 0 Å². The van der Waals surface area contributed by atoms with Gasteiger partial charge in [0, 0.05) is 30.0 Å². The highest BCUT2D eigenvalue weighted by Gasteiger charge is 2.21. The lowest BCUT2D eigenvalue weighted by Gasteiger charge is -2.15. The van der Waals surface area contributed by atoms with Crippen molar-refractivity contribution < 1.29 is 4.79 Å². The minimum Gasteiger partial charge on any atom is -0.345 e. The Morgan fingerprint density at radius 2 is 1.91 bits per heavy atom. The molecular weight excluding hydrogens is 290 g/mol. The van der Waals surface area contributed by atoms with Crippen LogP contribution in [0.3, 0.4) is 0 Å². The Bertz CT molecular complexity index is 698.